The topological polar surface area (TPSA) is 27.1 Å². The summed E-state index contributed by atoms with van der Waals surface area (Å²) in [5.74, 6) is 0.791. The molecule has 0 saturated heterocycles. The van der Waals surface area contributed by atoms with Crippen LogP contribution in [-0.2, 0) is 0 Å². The molecule has 0 unspecified atom stereocenters. The van der Waals surface area contributed by atoms with Gasteiger partial charge in [0.2, 0.25) is 0 Å². The monoisotopic (exact) mass is 236 g/mol. The molecule has 1 heterocycles. The minimum Gasteiger partial charge on any atom is -0.495 e. The van der Waals surface area contributed by atoms with Gasteiger partial charge in [0.05, 0.1) is 18.5 Å². The Balaban J connectivity index is 2.59. The van der Waals surface area contributed by atoms with Gasteiger partial charge in [-0.1, -0.05) is 17.7 Å². The van der Waals surface area contributed by atoms with Gasteiger partial charge in [-0.3, -0.25) is 4.57 Å². The average molecular weight is 237 g/mol. The first-order valence-corrected chi connectivity index (χ1v) is 5.35. The van der Waals surface area contributed by atoms with Gasteiger partial charge in [-0.05, 0) is 31.5 Å². The van der Waals surface area contributed by atoms with Crippen LogP contribution in [0.15, 0.2) is 24.5 Å². The Morgan fingerprint density at radius 1 is 1.31 bits per heavy atom. The molecule has 0 N–H and O–H groups in total. The third-order valence-electron chi connectivity index (χ3n) is 2.47. The Morgan fingerprint density at radius 2 is 2.06 bits per heavy atom. The van der Waals surface area contributed by atoms with E-state index in [0.717, 1.165) is 22.7 Å². The van der Waals surface area contributed by atoms with Gasteiger partial charge in [0, 0.05) is 0 Å². The lowest BCUT2D eigenvalue weighted by Gasteiger charge is -2.10. The zero-order valence-corrected chi connectivity index (χ0v) is 10.2. The summed E-state index contributed by atoms with van der Waals surface area (Å²) in [6, 6.07) is 5.96. The fourth-order valence-electron chi connectivity index (χ4n) is 1.57. The number of imidazole rings is 1. The SMILES string of the molecule is COc1cc(C)ccc1-n1cnc(C)c1Cl. The molecule has 0 aliphatic carbocycles. The number of rotatable bonds is 2. The molecule has 0 spiro atoms. The minimum atomic E-state index is 0.613. The molecule has 1 aromatic heterocycles. The number of halogens is 1. The van der Waals surface area contributed by atoms with Crippen LogP contribution < -0.4 is 4.74 Å². The van der Waals surface area contributed by atoms with Gasteiger partial charge in [-0.25, -0.2) is 4.98 Å². The molecule has 2 rings (SSSR count). The Kier molecular flexibility index (Phi) is 2.88. The van der Waals surface area contributed by atoms with Crippen molar-refractivity contribution >= 4 is 11.6 Å². The second kappa shape index (κ2) is 4.18. The summed E-state index contributed by atoms with van der Waals surface area (Å²) in [6.45, 7) is 3.90. The maximum absolute atomic E-state index is 6.16. The molecule has 0 aliphatic heterocycles. The van der Waals surface area contributed by atoms with Gasteiger partial charge in [0.1, 0.15) is 17.2 Å². The molecule has 3 nitrogen and oxygen atoms in total. The van der Waals surface area contributed by atoms with E-state index in [-0.39, 0.29) is 0 Å². The van der Waals surface area contributed by atoms with E-state index in [2.05, 4.69) is 4.98 Å². The fraction of sp³-hybridized carbons (Fsp3) is 0.250. The summed E-state index contributed by atoms with van der Waals surface area (Å²) in [4.78, 5) is 4.17. The zero-order chi connectivity index (χ0) is 11.7. The Labute approximate surface area is 99.6 Å². The van der Waals surface area contributed by atoms with Crippen LogP contribution in [-0.4, -0.2) is 16.7 Å². The lowest BCUT2D eigenvalue weighted by molar-refractivity contribution is 0.412. The van der Waals surface area contributed by atoms with Crippen molar-refractivity contribution < 1.29 is 4.74 Å². The van der Waals surface area contributed by atoms with Crippen LogP contribution >= 0.6 is 11.6 Å². The fourth-order valence-corrected chi connectivity index (χ4v) is 1.76. The number of aryl methyl sites for hydroxylation is 2. The van der Waals surface area contributed by atoms with Crippen molar-refractivity contribution in [2.24, 2.45) is 0 Å². The van der Waals surface area contributed by atoms with Crippen LogP contribution in [0.1, 0.15) is 11.3 Å². The first-order chi connectivity index (χ1) is 7.63. The minimum absolute atomic E-state index is 0.613. The van der Waals surface area contributed by atoms with Gasteiger partial charge < -0.3 is 4.74 Å². The molecule has 0 amide bonds. The largest absolute Gasteiger partial charge is 0.495 e. The van der Waals surface area contributed by atoms with Gasteiger partial charge in [0.15, 0.2) is 0 Å². The van der Waals surface area contributed by atoms with Crippen LogP contribution in [0.25, 0.3) is 5.69 Å². The van der Waals surface area contributed by atoms with Gasteiger partial charge in [-0.2, -0.15) is 0 Å². The van der Waals surface area contributed by atoms with Crippen LogP contribution in [0.5, 0.6) is 5.75 Å². The molecule has 16 heavy (non-hydrogen) atoms. The molecule has 4 heteroatoms. The van der Waals surface area contributed by atoms with E-state index >= 15 is 0 Å². The molecule has 0 atom stereocenters. The van der Waals surface area contributed by atoms with Crippen LogP contribution in [0.4, 0.5) is 0 Å². The van der Waals surface area contributed by atoms with Crippen LogP contribution in [0.3, 0.4) is 0 Å². The lowest BCUT2D eigenvalue weighted by Crippen LogP contribution is -1.97. The maximum atomic E-state index is 6.16. The highest BCUT2D eigenvalue weighted by Gasteiger charge is 2.10. The van der Waals surface area contributed by atoms with Gasteiger partial charge in [0.25, 0.3) is 0 Å². The lowest BCUT2D eigenvalue weighted by atomic mass is 10.2. The second-order valence-electron chi connectivity index (χ2n) is 3.67. The first-order valence-electron chi connectivity index (χ1n) is 4.98. The highest BCUT2D eigenvalue weighted by atomic mass is 35.5. The number of benzene rings is 1. The maximum Gasteiger partial charge on any atom is 0.143 e. The predicted molar refractivity (Wildman–Crippen MR) is 64.6 cm³/mol. The van der Waals surface area contributed by atoms with E-state index in [1.807, 2.05) is 36.6 Å². The third kappa shape index (κ3) is 1.78. The number of ether oxygens (including phenoxy) is 1. The molecular weight excluding hydrogens is 224 g/mol. The third-order valence-corrected chi connectivity index (χ3v) is 2.93. The standard InChI is InChI=1S/C12H13ClN2O/c1-8-4-5-10(11(6-8)16-3)15-7-14-9(2)12(15)13/h4-7H,1-3H3. The summed E-state index contributed by atoms with van der Waals surface area (Å²) in [5, 5.41) is 0.613. The highest BCUT2D eigenvalue weighted by Crippen LogP contribution is 2.27. The number of methoxy groups -OCH3 is 1. The molecule has 0 fully saturated rings. The van der Waals surface area contributed by atoms with E-state index in [1.165, 1.54) is 0 Å². The summed E-state index contributed by atoms with van der Waals surface area (Å²) in [6.07, 6.45) is 1.70. The number of hydrogen-bond acceptors (Lipinski definition) is 2. The quantitative estimate of drug-likeness (QED) is 0.801. The molecule has 0 bridgehead atoms. The molecular formula is C12H13ClN2O. The molecule has 0 radical (unpaired) electrons. The summed E-state index contributed by atoms with van der Waals surface area (Å²) < 4.78 is 7.15. The zero-order valence-electron chi connectivity index (χ0n) is 9.49. The van der Waals surface area contributed by atoms with E-state index < -0.39 is 0 Å². The molecule has 0 aliphatic rings. The van der Waals surface area contributed by atoms with Crippen molar-refractivity contribution in [1.82, 2.24) is 9.55 Å². The second-order valence-corrected chi connectivity index (χ2v) is 4.02. The van der Waals surface area contributed by atoms with Crippen molar-refractivity contribution in [2.45, 2.75) is 13.8 Å². The van der Waals surface area contributed by atoms with Gasteiger partial charge >= 0.3 is 0 Å². The van der Waals surface area contributed by atoms with Crippen molar-refractivity contribution in [3.8, 4) is 11.4 Å². The van der Waals surface area contributed by atoms with Crippen LogP contribution in [0.2, 0.25) is 5.15 Å². The first kappa shape index (κ1) is 11.0. The summed E-state index contributed by atoms with van der Waals surface area (Å²) >= 11 is 6.16. The Bertz CT molecular complexity index is 520. The Hall–Kier alpha value is -1.48. The predicted octanol–water partition coefficient (Wildman–Crippen LogP) is 3.15. The number of hydrogen-bond donors (Lipinski definition) is 0. The van der Waals surface area contributed by atoms with Crippen molar-refractivity contribution in [1.29, 1.82) is 0 Å². The van der Waals surface area contributed by atoms with Crippen molar-refractivity contribution in [3.05, 3.63) is 40.9 Å². The van der Waals surface area contributed by atoms with E-state index in [9.17, 15) is 0 Å². The number of nitrogens with zero attached hydrogens (tertiary/aromatic N) is 2. The molecule has 0 saturated carbocycles. The highest BCUT2D eigenvalue weighted by molar-refractivity contribution is 6.30. The van der Waals surface area contributed by atoms with E-state index in [0.29, 0.717) is 5.15 Å². The number of aromatic nitrogens is 2. The molecule has 1 aromatic carbocycles. The van der Waals surface area contributed by atoms with Crippen LogP contribution in [0, 0.1) is 13.8 Å². The molecule has 2 aromatic rings. The summed E-state index contributed by atoms with van der Waals surface area (Å²) in [7, 11) is 1.65. The smallest absolute Gasteiger partial charge is 0.143 e. The van der Waals surface area contributed by atoms with Crippen molar-refractivity contribution in [2.75, 3.05) is 7.11 Å². The van der Waals surface area contributed by atoms with Gasteiger partial charge in [-0.15, -0.1) is 0 Å². The van der Waals surface area contributed by atoms with E-state index in [4.69, 9.17) is 16.3 Å². The normalized spacial score (nSPS) is 10.5. The Morgan fingerprint density at radius 3 is 2.62 bits per heavy atom. The average Bonchev–Trinajstić information content (AvgIpc) is 2.60. The van der Waals surface area contributed by atoms with Crippen molar-refractivity contribution in [3.63, 3.8) is 0 Å². The van der Waals surface area contributed by atoms with E-state index in [1.54, 1.807) is 13.4 Å². The summed E-state index contributed by atoms with van der Waals surface area (Å²) in [5.41, 5.74) is 2.86. The molecule has 84 valence electrons.